The Bertz CT molecular complexity index is 2560. The van der Waals surface area contributed by atoms with E-state index >= 15 is 0 Å². The van der Waals surface area contributed by atoms with Crippen LogP contribution in [0.3, 0.4) is 0 Å². The maximum Gasteiger partial charge on any atom is 0.416 e. The fourth-order valence-corrected chi connectivity index (χ4v) is 7.96. The summed E-state index contributed by atoms with van der Waals surface area (Å²) in [5, 5.41) is 0. The molecule has 73 heavy (non-hydrogen) atoms. The number of rotatable bonds is 6. The van der Waals surface area contributed by atoms with Crippen molar-refractivity contribution in [1.29, 1.82) is 0 Å². The number of nitrogens with zero attached hydrogens (tertiary/aromatic N) is 1. The predicted molar refractivity (Wildman–Crippen MR) is 212 cm³/mol. The third-order valence-corrected chi connectivity index (χ3v) is 11.1. The first-order valence-corrected chi connectivity index (χ1v) is 20.0. The molecule has 1 aliphatic rings. The molecule has 0 amide bonds. The molecule has 1 heterocycles. The molecule has 0 radical (unpaired) electrons. The zero-order chi connectivity index (χ0) is 54.7. The van der Waals surface area contributed by atoms with Gasteiger partial charge >= 0.3 is 49.4 Å². The van der Waals surface area contributed by atoms with Crippen LogP contribution in [0, 0.1) is 0 Å². The van der Waals surface area contributed by atoms with Gasteiger partial charge in [0.15, 0.2) is 0 Å². The van der Waals surface area contributed by atoms with Crippen LogP contribution in [0.5, 0.6) is 0 Å². The number of hydrogen-bond acceptors (Lipinski definition) is 1. The van der Waals surface area contributed by atoms with Gasteiger partial charge in [-0.2, -0.15) is 127 Å². The third-order valence-electron chi connectivity index (χ3n) is 11.1. The molecule has 0 aliphatic heterocycles. The van der Waals surface area contributed by atoms with E-state index in [4.69, 9.17) is 4.84 Å². The van der Waals surface area contributed by atoms with Crippen molar-refractivity contribution in [1.82, 2.24) is 0 Å². The Hall–Kier alpha value is -6.83. The summed E-state index contributed by atoms with van der Waals surface area (Å²) in [7, 11) is 0. The van der Waals surface area contributed by atoms with Crippen LogP contribution in [0.1, 0.15) is 61.7 Å². The van der Waals surface area contributed by atoms with Crippen molar-refractivity contribution in [2.75, 3.05) is 0 Å². The summed E-state index contributed by atoms with van der Waals surface area (Å²) in [6.07, 6.45) is -46.8. The van der Waals surface area contributed by atoms with Gasteiger partial charge in [-0.1, -0.05) is 84.9 Å². The van der Waals surface area contributed by atoms with Crippen molar-refractivity contribution in [3.05, 3.63) is 189 Å². The molecule has 390 valence electrons. The minimum atomic E-state index is -6.13. The maximum atomic E-state index is 14.2. The normalized spacial score (nSPS) is 14.9. The van der Waals surface area contributed by atoms with Crippen LogP contribution in [-0.4, -0.2) is 6.15 Å². The van der Waals surface area contributed by atoms with E-state index in [0.29, 0.717) is 0 Å². The predicted octanol–water partition coefficient (Wildman–Crippen LogP) is 13.4. The van der Waals surface area contributed by atoms with Crippen molar-refractivity contribution in [2.45, 2.75) is 55.5 Å². The Kier molecular flexibility index (Phi) is 14.4. The smallest absolute Gasteiger partial charge is 0.259 e. The molecule has 0 saturated carbocycles. The lowest BCUT2D eigenvalue weighted by molar-refractivity contribution is -0.898. The molecule has 0 spiro atoms. The quantitative estimate of drug-likeness (QED) is 0.0920. The van der Waals surface area contributed by atoms with Crippen LogP contribution in [0.4, 0.5) is 105 Å². The second-order valence-corrected chi connectivity index (χ2v) is 16.0. The Morgan fingerprint density at radius 2 is 0.589 bits per heavy atom. The highest BCUT2D eigenvalue weighted by molar-refractivity contribution is 7.20. The largest absolute Gasteiger partial charge is 0.416 e. The Balaban J connectivity index is 0.000000453. The number of fused-ring (bicyclic) bond motifs is 1. The van der Waals surface area contributed by atoms with Gasteiger partial charge in [0.2, 0.25) is 18.5 Å². The SMILES string of the molecule is C1=CC(O[n+]2ccccc2)c2ccccc21.FC(F)(F)c1cc([B-](c2cc(C(F)(F)F)cc(C(F)(F)F)c2)(c2cc(C(F)(F)F)cc(C(F)(F)F)c2)c2cc(C(F)(F)F)cc(C(F)(F)F)c2)cc(C(F)(F)F)c1. The molecule has 5 aromatic carbocycles. The van der Waals surface area contributed by atoms with Gasteiger partial charge in [0.05, 0.1) is 44.5 Å². The highest BCUT2D eigenvalue weighted by atomic mass is 19.4. The van der Waals surface area contributed by atoms with Crippen LogP contribution in [0.15, 0.2) is 134 Å². The highest BCUT2D eigenvalue weighted by Crippen LogP contribution is 2.41. The lowest BCUT2D eigenvalue weighted by Gasteiger charge is -2.46. The molecule has 1 atom stereocenters. The molecule has 1 aromatic heterocycles. The minimum Gasteiger partial charge on any atom is -0.259 e. The molecule has 6 aromatic rings. The van der Waals surface area contributed by atoms with Gasteiger partial charge in [-0.05, 0) is 35.9 Å². The summed E-state index contributed by atoms with van der Waals surface area (Å²) in [5.41, 5.74) is -27.7. The first kappa shape index (κ1) is 55.5. The van der Waals surface area contributed by atoms with Crippen LogP contribution in [0.2, 0.25) is 0 Å². The molecular weight excluding hydrogens is 1050 g/mol. The van der Waals surface area contributed by atoms with E-state index in [2.05, 4.69) is 24.3 Å². The van der Waals surface area contributed by atoms with Crippen molar-refractivity contribution in [2.24, 2.45) is 0 Å². The fraction of sp³-hybridized carbons (Fsp3) is 0.196. The first-order chi connectivity index (χ1) is 33.2. The molecule has 0 bridgehead atoms. The number of halogens is 24. The number of aromatic nitrogens is 1. The summed E-state index contributed by atoms with van der Waals surface area (Å²) in [5.74, 6) is 0. The molecule has 2 nitrogen and oxygen atoms in total. The monoisotopic (exact) mass is 1070 g/mol. The van der Waals surface area contributed by atoms with Crippen LogP contribution in [-0.2, 0) is 49.4 Å². The van der Waals surface area contributed by atoms with Gasteiger partial charge in [0.1, 0.15) is 6.15 Å². The van der Waals surface area contributed by atoms with Crippen molar-refractivity contribution in [3.63, 3.8) is 0 Å². The second kappa shape index (κ2) is 18.9. The molecule has 7 rings (SSSR count). The zero-order valence-corrected chi connectivity index (χ0v) is 35.4. The Labute approximate surface area is 393 Å². The topological polar surface area (TPSA) is 13.1 Å². The molecule has 1 unspecified atom stereocenters. The average molecular weight is 1070 g/mol. The molecular formula is C46H24BF24NO. The summed E-state index contributed by atoms with van der Waals surface area (Å²) in [4.78, 5) is 5.83. The minimum absolute atomic E-state index is 0.0172. The molecule has 0 saturated heterocycles. The van der Waals surface area contributed by atoms with Gasteiger partial charge in [0, 0.05) is 22.4 Å². The van der Waals surface area contributed by atoms with Gasteiger partial charge in [-0.3, -0.25) is 4.84 Å². The van der Waals surface area contributed by atoms with Crippen molar-refractivity contribution >= 4 is 34.1 Å². The lowest BCUT2D eigenvalue weighted by Crippen LogP contribution is -2.75. The summed E-state index contributed by atoms with van der Waals surface area (Å²) < 4.78 is 343. The Morgan fingerprint density at radius 3 is 0.849 bits per heavy atom. The van der Waals surface area contributed by atoms with E-state index in [1.165, 1.54) is 11.1 Å². The molecule has 27 heteroatoms. The van der Waals surface area contributed by atoms with E-state index in [1.807, 2.05) is 42.7 Å². The fourth-order valence-electron chi connectivity index (χ4n) is 7.96. The number of hydrogen-bond donors (Lipinski definition) is 0. The summed E-state index contributed by atoms with van der Waals surface area (Å²) in [6, 6.07) is 5.34. The zero-order valence-electron chi connectivity index (χ0n) is 35.4. The van der Waals surface area contributed by atoms with Crippen LogP contribution in [0.25, 0.3) is 6.08 Å². The van der Waals surface area contributed by atoms with E-state index in [-0.39, 0.29) is 6.10 Å². The van der Waals surface area contributed by atoms with E-state index < -0.39 is 195 Å². The van der Waals surface area contributed by atoms with E-state index in [9.17, 15) is 105 Å². The summed E-state index contributed by atoms with van der Waals surface area (Å²) >= 11 is 0. The van der Waals surface area contributed by atoms with E-state index in [0.717, 1.165) is 0 Å². The van der Waals surface area contributed by atoms with Crippen molar-refractivity contribution < 1.29 is 115 Å². The molecule has 1 aliphatic carbocycles. The van der Waals surface area contributed by atoms with Gasteiger partial charge in [-0.15, -0.1) is 0 Å². The third kappa shape index (κ3) is 12.3. The standard InChI is InChI=1S/C32H12BF24.C14H12NO/c34-25(35,36)13-1-14(26(37,38)39)6-21(5-13)33(22-7-15(27(40,41)42)2-16(8-22)28(43,44)45,23-9-17(29(46,47)48)3-18(10-23)30(49,50)51)24-11-19(31(52,53)54)4-20(12-24)32(55,56)57;1-4-10-15(11-5-1)16-14-9-8-12-6-2-3-7-13(12)14/h1-12H;1-11,14H/q-1;+1. The average Bonchev–Trinajstić information content (AvgIpc) is 3.67. The molecule has 0 N–H and O–H groups in total. The van der Waals surface area contributed by atoms with Gasteiger partial charge < -0.3 is 0 Å². The second-order valence-electron chi connectivity index (χ2n) is 16.0. The summed E-state index contributed by atoms with van der Waals surface area (Å²) in [6.45, 7) is 0. The number of pyridine rings is 1. The van der Waals surface area contributed by atoms with E-state index in [1.54, 1.807) is 4.73 Å². The number of benzene rings is 5. The lowest BCUT2D eigenvalue weighted by atomic mass is 9.12. The van der Waals surface area contributed by atoms with Crippen LogP contribution < -0.4 is 31.4 Å². The number of alkyl halides is 24. The van der Waals surface area contributed by atoms with Crippen LogP contribution >= 0.6 is 0 Å². The van der Waals surface area contributed by atoms with Gasteiger partial charge in [-0.25, -0.2) is 0 Å². The Morgan fingerprint density at radius 1 is 0.329 bits per heavy atom. The van der Waals surface area contributed by atoms with Crippen molar-refractivity contribution in [3.8, 4) is 0 Å². The maximum absolute atomic E-state index is 14.2. The van der Waals surface area contributed by atoms with Gasteiger partial charge in [0.25, 0.3) is 0 Å². The first-order valence-electron chi connectivity index (χ1n) is 20.0. The molecule has 0 fully saturated rings. The highest BCUT2D eigenvalue weighted by Gasteiger charge is 2.47.